The molecule has 0 fully saturated rings. The Balaban J connectivity index is 0.000000237. The van der Waals surface area contributed by atoms with Crippen molar-refractivity contribution in [2.45, 2.75) is 231 Å². The smallest absolute Gasteiger partial charge is 0.0887 e. The third-order valence-electron chi connectivity index (χ3n) is 18.8. The third-order valence-corrected chi connectivity index (χ3v) is 20.0. The summed E-state index contributed by atoms with van der Waals surface area (Å²) in [5, 5.41) is 5.27. The summed E-state index contributed by atoms with van der Waals surface area (Å²) in [7, 11) is 0. The van der Waals surface area contributed by atoms with E-state index in [0.717, 1.165) is 73.7 Å². The molecule has 10 aromatic carbocycles. The highest BCUT2D eigenvalue weighted by Gasteiger charge is 2.28. The molecule has 4 nitrogen and oxygen atoms in total. The fourth-order valence-electron chi connectivity index (χ4n) is 12.1. The number of anilines is 11. The Morgan fingerprint density at radius 2 is 0.382 bits per heavy atom. The lowest BCUT2D eigenvalue weighted by atomic mass is 9.86. The number of rotatable bonds is 11. The van der Waals surface area contributed by atoms with Crippen LogP contribution in [0.2, 0.25) is 15.1 Å². The molecular formula is C95H119Cl3N4. The molecule has 0 heterocycles. The largest absolute Gasteiger partial charge is 0.356 e. The highest BCUT2D eigenvalue weighted by Crippen LogP contribution is 2.49. The van der Waals surface area contributed by atoms with Crippen molar-refractivity contribution in [3.63, 3.8) is 0 Å². The molecule has 0 saturated heterocycles. The van der Waals surface area contributed by atoms with Gasteiger partial charge in [-0.3, -0.25) is 0 Å². The van der Waals surface area contributed by atoms with Gasteiger partial charge >= 0.3 is 0 Å². The minimum absolute atomic E-state index is 0. The van der Waals surface area contributed by atoms with Gasteiger partial charge in [-0.05, 0) is 234 Å². The normalized spacial score (nSPS) is 12.3. The van der Waals surface area contributed by atoms with Gasteiger partial charge in [0, 0.05) is 45.5 Å². The van der Waals surface area contributed by atoms with Crippen LogP contribution in [-0.4, -0.2) is 0 Å². The van der Waals surface area contributed by atoms with E-state index in [0.29, 0.717) is 15.1 Å². The predicted octanol–water partition coefficient (Wildman–Crippen LogP) is 30.8. The Labute approximate surface area is 632 Å². The Morgan fingerprint density at radius 3 is 0.559 bits per heavy atom. The molecule has 0 atom stereocenters. The van der Waals surface area contributed by atoms with Crippen LogP contribution in [0.5, 0.6) is 0 Å². The molecule has 0 aliphatic heterocycles. The highest BCUT2D eigenvalue weighted by molar-refractivity contribution is 6.44. The first-order valence-corrected chi connectivity index (χ1v) is 37.1. The second kappa shape index (κ2) is 31.7. The fourth-order valence-corrected chi connectivity index (χ4v) is 12.9. The van der Waals surface area contributed by atoms with Crippen LogP contribution in [0.3, 0.4) is 0 Å². The predicted molar refractivity (Wildman–Crippen MR) is 454 cm³/mol. The van der Waals surface area contributed by atoms with Gasteiger partial charge in [-0.1, -0.05) is 305 Å². The lowest BCUT2D eigenvalue weighted by Gasteiger charge is -2.32. The Morgan fingerprint density at radius 1 is 0.225 bits per heavy atom. The molecule has 1 N–H and O–H groups in total. The second-order valence-corrected chi connectivity index (χ2v) is 36.9. The summed E-state index contributed by atoms with van der Waals surface area (Å²) in [5.74, 6) is 0. The van der Waals surface area contributed by atoms with Crippen molar-refractivity contribution in [1.29, 1.82) is 0 Å². The van der Waals surface area contributed by atoms with E-state index in [4.69, 9.17) is 34.8 Å². The van der Waals surface area contributed by atoms with E-state index in [-0.39, 0.29) is 50.7 Å². The molecule has 0 aromatic heterocycles. The van der Waals surface area contributed by atoms with Gasteiger partial charge in [0.1, 0.15) is 0 Å². The van der Waals surface area contributed by atoms with Gasteiger partial charge in [0.25, 0.3) is 0 Å². The maximum Gasteiger partial charge on any atom is 0.0887 e. The van der Waals surface area contributed by atoms with E-state index in [2.05, 4.69) is 405 Å². The zero-order valence-electron chi connectivity index (χ0n) is 65.8. The number of hydrogen-bond acceptors (Lipinski definition) is 4. The Bertz CT molecular complexity index is 3990. The summed E-state index contributed by atoms with van der Waals surface area (Å²) >= 11 is 20.8. The number of halogens is 3. The topological polar surface area (TPSA) is 21.8 Å². The van der Waals surface area contributed by atoms with Crippen LogP contribution in [0.25, 0.3) is 0 Å². The van der Waals surface area contributed by atoms with Crippen molar-refractivity contribution in [1.82, 2.24) is 0 Å². The summed E-state index contributed by atoms with van der Waals surface area (Å²) in [6, 6.07) is 79.0. The molecular weight excluding hydrogens is 1300 g/mol. The fraction of sp³-hybridized carbons (Fsp3) is 0.368. The summed E-state index contributed by atoms with van der Waals surface area (Å²) < 4.78 is 0. The standard InChI is InChI=1S/C47H57ClN2.C27H31Cl2N.C20H27N.CH4/c1-32-30-41(49(37-22-14-33(15-23-37)44(2,3)4)38-24-16-34(17-25-38)45(5,6)7)43(48)42(31-32)50(39-26-18-35(19-27-39)46(8,9)10)40-28-20-36(21-29-40)47(11,12)13;1-18-16-23(28)25(29)24(17-18)30(21-12-8-19(9-13-21)26(2,3)4)22-14-10-20(11-15-22)27(5,6)7;1-19(2,3)15-7-11-17(12-8-15)21-18-13-9-16(10-14-18)20(4,5)6;/h14-31H,1-13H3;8-17H,1-7H3;7-14,21H,1-6H3;1H4. The van der Waals surface area contributed by atoms with Crippen LogP contribution < -0.4 is 20.0 Å². The highest BCUT2D eigenvalue weighted by atomic mass is 35.5. The van der Waals surface area contributed by atoms with Crippen molar-refractivity contribution in [3.05, 3.63) is 289 Å². The van der Waals surface area contributed by atoms with Gasteiger partial charge in [-0.2, -0.15) is 0 Å². The van der Waals surface area contributed by atoms with Crippen LogP contribution in [-0.2, 0) is 43.3 Å². The quantitative estimate of drug-likeness (QED) is 0.139. The lowest BCUT2D eigenvalue weighted by Crippen LogP contribution is -2.17. The molecule has 540 valence electrons. The maximum atomic E-state index is 7.70. The number of aryl methyl sites for hydroxylation is 2. The SMILES string of the molecule is C.CC(C)(C)c1ccc(Nc2ccc(C(C)(C)C)cc2)cc1.Cc1cc(Cl)c(Cl)c(N(c2ccc(C(C)(C)C)cc2)c2ccc(C(C)(C)C)cc2)c1.Cc1cc(N(c2ccc(C(C)(C)C)cc2)c2ccc(C(C)(C)C)cc2)c(Cl)c(N(c2ccc(C(C)(C)C)cc2)c2ccc(C(C)(C)C)cc2)c1. The van der Waals surface area contributed by atoms with Crippen molar-refractivity contribution in [3.8, 4) is 0 Å². The minimum atomic E-state index is 0. The molecule has 10 aromatic rings. The summed E-state index contributed by atoms with van der Waals surface area (Å²) in [4.78, 5) is 6.79. The van der Waals surface area contributed by atoms with Gasteiger partial charge in [0.2, 0.25) is 0 Å². The van der Waals surface area contributed by atoms with Gasteiger partial charge < -0.3 is 20.0 Å². The van der Waals surface area contributed by atoms with Crippen LogP contribution in [0, 0.1) is 13.8 Å². The van der Waals surface area contributed by atoms with E-state index in [1.54, 1.807) is 0 Å². The van der Waals surface area contributed by atoms with Crippen molar-refractivity contribution >= 4 is 97.4 Å². The Hall–Kier alpha value is -7.73. The third kappa shape index (κ3) is 20.8. The summed E-state index contributed by atoms with van der Waals surface area (Å²) in [6.07, 6.45) is 0. The number of hydrogen-bond donors (Lipinski definition) is 1. The van der Waals surface area contributed by atoms with Gasteiger partial charge in [-0.25, -0.2) is 0 Å². The first-order chi connectivity index (χ1) is 46.7. The molecule has 0 spiro atoms. The summed E-state index contributed by atoms with van der Waals surface area (Å²) in [6.45, 7) is 58.0. The molecule has 10 rings (SSSR count). The molecule has 0 aliphatic rings. The maximum absolute atomic E-state index is 7.70. The molecule has 0 aliphatic carbocycles. The van der Waals surface area contributed by atoms with Gasteiger partial charge in [0.05, 0.1) is 32.1 Å². The van der Waals surface area contributed by atoms with Crippen LogP contribution in [0.4, 0.5) is 62.6 Å². The first kappa shape index (κ1) is 81.6. The zero-order chi connectivity index (χ0) is 74.8. The van der Waals surface area contributed by atoms with E-state index in [1.807, 2.05) is 13.0 Å². The Kier molecular flexibility index (Phi) is 25.4. The molecule has 7 heteroatoms. The zero-order valence-corrected chi connectivity index (χ0v) is 68.0. The van der Waals surface area contributed by atoms with E-state index >= 15 is 0 Å². The number of nitrogens with zero attached hydrogens (tertiary/aromatic N) is 3. The van der Waals surface area contributed by atoms with Crippen LogP contribution in [0.1, 0.15) is 229 Å². The average molecular weight is 1420 g/mol. The summed E-state index contributed by atoms with van der Waals surface area (Å²) in [5.41, 5.74) is 24.9. The number of benzene rings is 10. The van der Waals surface area contributed by atoms with Crippen molar-refractivity contribution < 1.29 is 0 Å². The van der Waals surface area contributed by atoms with Gasteiger partial charge in [-0.15, -0.1) is 0 Å². The lowest BCUT2D eigenvalue weighted by molar-refractivity contribution is 0.590. The second-order valence-electron chi connectivity index (χ2n) is 35.8. The molecule has 0 radical (unpaired) electrons. The van der Waals surface area contributed by atoms with E-state index < -0.39 is 0 Å². The molecule has 0 bridgehead atoms. The van der Waals surface area contributed by atoms with Crippen molar-refractivity contribution in [2.24, 2.45) is 0 Å². The van der Waals surface area contributed by atoms with E-state index in [1.165, 1.54) is 44.5 Å². The number of nitrogens with one attached hydrogen (secondary N) is 1. The van der Waals surface area contributed by atoms with Crippen LogP contribution >= 0.6 is 34.8 Å². The molecule has 0 unspecified atom stereocenters. The first-order valence-electron chi connectivity index (χ1n) is 36.0. The molecule has 0 saturated carbocycles. The molecule has 0 amide bonds. The van der Waals surface area contributed by atoms with Gasteiger partial charge in [0.15, 0.2) is 0 Å². The monoisotopic (exact) mass is 1420 g/mol. The minimum Gasteiger partial charge on any atom is -0.356 e. The average Bonchev–Trinajstić information content (AvgIpc) is 0.768. The van der Waals surface area contributed by atoms with Crippen LogP contribution in [0.15, 0.2) is 218 Å². The van der Waals surface area contributed by atoms with E-state index in [9.17, 15) is 0 Å². The molecule has 102 heavy (non-hydrogen) atoms. The van der Waals surface area contributed by atoms with Crippen molar-refractivity contribution in [2.75, 3.05) is 20.0 Å².